The summed E-state index contributed by atoms with van der Waals surface area (Å²) in [6, 6.07) is 19.7. The zero-order valence-corrected chi connectivity index (χ0v) is 14.9. The van der Waals surface area contributed by atoms with Crippen LogP contribution < -0.4 is 14.4 Å². The van der Waals surface area contributed by atoms with Crippen LogP contribution in [0.15, 0.2) is 66.7 Å². The lowest BCUT2D eigenvalue weighted by Crippen LogP contribution is -2.29. The number of methoxy groups -OCH3 is 2. The van der Waals surface area contributed by atoms with Crippen LogP contribution in [0.4, 0.5) is 5.69 Å². The van der Waals surface area contributed by atoms with Crippen LogP contribution in [0.2, 0.25) is 0 Å². The molecule has 1 aliphatic rings. The summed E-state index contributed by atoms with van der Waals surface area (Å²) in [5.41, 5.74) is 3.06. The summed E-state index contributed by atoms with van der Waals surface area (Å²) in [6.45, 7) is 0. The topological polar surface area (TPSA) is 55.8 Å². The van der Waals surface area contributed by atoms with Crippen LogP contribution in [0.1, 0.15) is 20.7 Å². The van der Waals surface area contributed by atoms with Gasteiger partial charge in [-0.3, -0.25) is 9.59 Å². The van der Waals surface area contributed by atoms with Crippen LogP contribution in [0.3, 0.4) is 0 Å². The summed E-state index contributed by atoms with van der Waals surface area (Å²) in [5.74, 6) is 0.713. The van der Waals surface area contributed by atoms with Crippen LogP contribution in [0.25, 0.3) is 11.1 Å². The van der Waals surface area contributed by atoms with Gasteiger partial charge in [-0.1, -0.05) is 24.3 Å². The zero-order valence-electron chi connectivity index (χ0n) is 14.9. The Hall–Kier alpha value is -3.60. The molecule has 3 aromatic rings. The van der Waals surface area contributed by atoms with Crippen molar-refractivity contribution in [2.24, 2.45) is 0 Å². The van der Waals surface area contributed by atoms with Crippen molar-refractivity contribution in [1.82, 2.24) is 0 Å². The molecule has 5 heteroatoms. The number of hydrogen-bond acceptors (Lipinski definition) is 4. The second-order valence-corrected chi connectivity index (χ2v) is 6.11. The van der Waals surface area contributed by atoms with Gasteiger partial charge in [0, 0.05) is 11.6 Å². The van der Waals surface area contributed by atoms with E-state index in [0.717, 1.165) is 11.1 Å². The van der Waals surface area contributed by atoms with E-state index in [9.17, 15) is 9.59 Å². The molecule has 0 saturated heterocycles. The summed E-state index contributed by atoms with van der Waals surface area (Å²) < 4.78 is 10.7. The first-order valence-electron chi connectivity index (χ1n) is 8.44. The monoisotopic (exact) mass is 359 g/mol. The maximum absolute atomic E-state index is 12.7. The number of imide groups is 1. The van der Waals surface area contributed by atoms with Crippen molar-refractivity contribution < 1.29 is 19.1 Å². The second kappa shape index (κ2) is 6.61. The minimum atomic E-state index is -0.311. The molecular formula is C22H17NO4. The van der Waals surface area contributed by atoms with Gasteiger partial charge in [0.25, 0.3) is 11.8 Å². The van der Waals surface area contributed by atoms with E-state index in [1.165, 1.54) is 4.90 Å². The minimum Gasteiger partial charge on any atom is -0.497 e. The van der Waals surface area contributed by atoms with Crippen LogP contribution in [0, 0.1) is 0 Å². The van der Waals surface area contributed by atoms with E-state index < -0.39 is 0 Å². The van der Waals surface area contributed by atoms with Gasteiger partial charge in [0.05, 0.1) is 31.0 Å². The summed E-state index contributed by atoms with van der Waals surface area (Å²) in [7, 11) is 3.18. The van der Waals surface area contributed by atoms with E-state index in [-0.39, 0.29) is 11.8 Å². The molecular weight excluding hydrogens is 342 g/mol. The summed E-state index contributed by atoms with van der Waals surface area (Å²) in [6.07, 6.45) is 0. The Labute approximate surface area is 156 Å². The van der Waals surface area contributed by atoms with Crippen molar-refractivity contribution in [2.75, 3.05) is 19.1 Å². The van der Waals surface area contributed by atoms with Gasteiger partial charge in [0.2, 0.25) is 0 Å². The lowest BCUT2D eigenvalue weighted by Gasteiger charge is -2.16. The number of nitrogens with zero attached hydrogens (tertiary/aromatic N) is 1. The predicted molar refractivity (Wildman–Crippen MR) is 103 cm³/mol. The highest BCUT2D eigenvalue weighted by Gasteiger charge is 2.36. The van der Waals surface area contributed by atoms with Gasteiger partial charge < -0.3 is 9.47 Å². The van der Waals surface area contributed by atoms with Crippen molar-refractivity contribution in [3.63, 3.8) is 0 Å². The van der Waals surface area contributed by atoms with Gasteiger partial charge in [-0.2, -0.15) is 0 Å². The number of benzene rings is 3. The molecule has 0 N–H and O–H groups in total. The smallest absolute Gasteiger partial charge is 0.266 e. The Bertz CT molecular complexity index is 1020. The fourth-order valence-electron chi connectivity index (χ4n) is 3.27. The fourth-order valence-corrected chi connectivity index (χ4v) is 3.27. The van der Waals surface area contributed by atoms with E-state index in [1.807, 2.05) is 30.3 Å². The van der Waals surface area contributed by atoms with Gasteiger partial charge in [-0.15, -0.1) is 0 Å². The highest BCUT2D eigenvalue weighted by molar-refractivity contribution is 6.34. The number of carbonyl (C=O) groups is 2. The van der Waals surface area contributed by atoms with Crippen LogP contribution >= 0.6 is 0 Å². The summed E-state index contributed by atoms with van der Waals surface area (Å²) in [5, 5.41) is 0. The van der Waals surface area contributed by atoms with Crippen LogP contribution in [0.5, 0.6) is 11.5 Å². The number of amides is 2. The standard InChI is InChI=1S/C22H17NO4/c1-26-16-10-11-17(20(13-16)27-2)14-6-5-7-15(12-14)23-21(24)18-8-3-4-9-19(18)22(23)25/h3-13H,1-2H3. The molecule has 0 saturated carbocycles. The average molecular weight is 359 g/mol. The quantitative estimate of drug-likeness (QED) is 0.656. The molecule has 0 bridgehead atoms. The van der Waals surface area contributed by atoms with E-state index in [1.54, 1.807) is 50.6 Å². The van der Waals surface area contributed by atoms with E-state index in [4.69, 9.17) is 9.47 Å². The molecule has 0 aliphatic carbocycles. The Balaban J connectivity index is 1.77. The van der Waals surface area contributed by atoms with Crippen LogP contribution in [-0.2, 0) is 0 Å². The molecule has 1 heterocycles. The molecule has 4 rings (SSSR count). The number of anilines is 1. The van der Waals surface area contributed by atoms with Crippen LogP contribution in [-0.4, -0.2) is 26.0 Å². The first-order valence-corrected chi connectivity index (χ1v) is 8.44. The second-order valence-electron chi connectivity index (χ2n) is 6.11. The number of rotatable bonds is 4. The SMILES string of the molecule is COc1ccc(-c2cccc(N3C(=O)c4ccccc4C3=O)c2)c(OC)c1. The minimum absolute atomic E-state index is 0.311. The van der Waals surface area contributed by atoms with Gasteiger partial charge in [0.15, 0.2) is 0 Å². The molecule has 0 fully saturated rings. The molecule has 0 unspecified atom stereocenters. The molecule has 3 aromatic carbocycles. The third-order valence-corrected chi connectivity index (χ3v) is 4.62. The third kappa shape index (κ3) is 2.73. The molecule has 1 aliphatic heterocycles. The predicted octanol–water partition coefficient (Wildman–Crippen LogP) is 4.17. The van der Waals surface area contributed by atoms with Crippen molar-refractivity contribution in [3.8, 4) is 22.6 Å². The van der Waals surface area contributed by atoms with Gasteiger partial charge >= 0.3 is 0 Å². The number of fused-ring (bicyclic) bond motifs is 1. The Morgan fingerprint density at radius 3 is 2.04 bits per heavy atom. The van der Waals surface area contributed by atoms with Crippen molar-refractivity contribution in [3.05, 3.63) is 77.9 Å². The largest absolute Gasteiger partial charge is 0.497 e. The maximum Gasteiger partial charge on any atom is 0.266 e. The molecule has 134 valence electrons. The Kier molecular flexibility index (Phi) is 4.12. The Morgan fingerprint density at radius 1 is 0.704 bits per heavy atom. The number of hydrogen-bond donors (Lipinski definition) is 0. The van der Waals surface area contributed by atoms with E-state index >= 15 is 0 Å². The van der Waals surface area contributed by atoms with Gasteiger partial charge in [-0.05, 0) is 42.0 Å². The molecule has 27 heavy (non-hydrogen) atoms. The fraction of sp³-hybridized carbons (Fsp3) is 0.0909. The molecule has 0 aromatic heterocycles. The van der Waals surface area contributed by atoms with E-state index in [2.05, 4.69) is 0 Å². The molecule has 0 spiro atoms. The maximum atomic E-state index is 12.7. The van der Waals surface area contributed by atoms with Crippen molar-refractivity contribution in [2.45, 2.75) is 0 Å². The van der Waals surface area contributed by atoms with Crippen molar-refractivity contribution in [1.29, 1.82) is 0 Å². The van der Waals surface area contributed by atoms with Gasteiger partial charge in [-0.25, -0.2) is 4.90 Å². The van der Waals surface area contributed by atoms with Gasteiger partial charge in [0.1, 0.15) is 11.5 Å². The molecule has 2 amide bonds. The molecule has 5 nitrogen and oxygen atoms in total. The highest BCUT2D eigenvalue weighted by atomic mass is 16.5. The first-order chi connectivity index (χ1) is 13.1. The first kappa shape index (κ1) is 16.8. The molecule has 0 atom stereocenters. The van der Waals surface area contributed by atoms with E-state index in [0.29, 0.717) is 28.3 Å². The lowest BCUT2D eigenvalue weighted by atomic mass is 10.0. The summed E-state index contributed by atoms with van der Waals surface area (Å²) in [4.78, 5) is 26.7. The average Bonchev–Trinajstić information content (AvgIpc) is 2.98. The normalized spacial score (nSPS) is 12.9. The van der Waals surface area contributed by atoms with Crippen molar-refractivity contribution >= 4 is 17.5 Å². The zero-order chi connectivity index (χ0) is 19.0. The molecule has 0 radical (unpaired) electrons. The lowest BCUT2D eigenvalue weighted by molar-refractivity contribution is 0.0926. The third-order valence-electron chi connectivity index (χ3n) is 4.62. The summed E-state index contributed by atoms with van der Waals surface area (Å²) >= 11 is 0. The Morgan fingerprint density at radius 2 is 1.41 bits per heavy atom. The number of carbonyl (C=O) groups excluding carboxylic acids is 2. The highest BCUT2D eigenvalue weighted by Crippen LogP contribution is 2.36. The number of ether oxygens (including phenoxy) is 2.